The van der Waals surface area contributed by atoms with Gasteiger partial charge in [-0.1, -0.05) is 0 Å². The summed E-state index contributed by atoms with van der Waals surface area (Å²) < 4.78 is 1.73. The van der Waals surface area contributed by atoms with Gasteiger partial charge in [-0.05, 0) is 75.6 Å². The van der Waals surface area contributed by atoms with Crippen molar-refractivity contribution < 1.29 is 14.4 Å². The number of aromatic nitrogens is 3. The average molecular weight is 557 g/mol. The molecular weight excluding hydrogens is 520 g/mol. The van der Waals surface area contributed by atoms with Crippen molar-refractivity contribution in [3.8, 4) is 17.5 Å². The number of nitriles is 1. The summed E-state index contributed by atoms with van der Waals surface area (Å²) in [5.74, 6) is -0.222. The molecule has 2 aliphatic carbocycles. The minimum Gasteiger partial charge on any atom is -0.382 e. The Labute approximate surface area is 239 Å². The van der Waals surface area contributed by atoms with Gasteiger partial charge in [0.2, 0.25) is 11.8 Å². The van der Waals surface area contributed by atoms with Crippen LogP contribution in [0.25, 0.3) is 16.9 Å². The standard InChI is InChI=1S/C30H36N8O3/c1-18(39)34-21-3-7-23(8-4-21)36-27-14-28(29-12-11-25-13-20(15-31)16-33-38(25)29)32-17-26(27)30(41)37-24-9-5-22(6-10-24)35-19(2)40/h11-14,16-17,21-24H,3-10H2,1-2H3,(H,32,36)(H,34,39)(H,35,40)(H,37,41)/t21-,22-,23-,24-. The fraction of sp³-hybridized carbons (Fsp3) is 0.467. The van der Waals surface area contributed by atoms with Crippen LogP contribution in [0.1, 0.15) is 81.1 Å². The van der Waals surface area contributed by atoms with Gasteiger partial charge in [0, 0.05) is 44.2 Å². The number of carbonyl (C=O) groups is 3. The van der Waals surface area contributed by atoms with Gasteiger partial charge in [0.15, 0.2) is 0 Å². The Hall–Kier alpha value is -4.46. The van der Waals surface area contributed by atoms with Crippen molar-refractivity contribution >= 4 is 28.9 Å². The van der Waals surface area contributed by atoms with Crippen LogP contribution < -0.4 is 21.3 Å². The minimum atomic E-state index is -0.182. The van der Waals surface area contributed by atoms with Crippen LogP contribution in [-0.2, 0) is 9.59 Å². The number of nitrogens with zero attached hydrogens (tertiary/aromatic N) is 4. The van der Waals surface area contributed by atoms with Gasteiger partial charge < -0.3 is 21.3 Å². The third-order valence-corrected chi connectivity index (χ3v) is 8.00. The zero-order valence-electron chi connectivity index (χ0n) is 23.4. The molecule has 2 saturated carbocycles. The number of anilines is 1. The summed E-state index contributed by atoms with van der Waals surface area (Å²) in [6.45, 7) is 3.07. The third-order valence-electron chi connectivity index (χ3n) is 8.00. The van der Waals surface area contributed by atoms with Gasteiger partial charge in [-0.25, -0.2) is 4.52 Å². The summed E-state index contributed by atoms with van der Waals surface area (Å²) in [7, 11) is 0. The molecule has 2 aliphatic rings. The van der Waals surface area contributed by atoms with E-state index in [1.807, 2.05) is 18.2 Å². The molecule has 0 unspecified atom stereocenters. The minimum absolute atomic E-state index is 0.0137. The SMILES string of the molecule is CC(=O)N[C@H]1CC[C@H](NC(=O)c2cnc(-c3ccc4cc(C#N)cnn34)cc2N[C@H]2CC[C@H](NC(C)=O)CC2)CC1. The lowest BCUT2D eigenvalue weighted by Gasteiger charge is -2.31. The van der Waals surface area contributed by atoms with Crippen LogP contribution in [0, 0.1) is 11.3 Å². The molecule has 3 heterocycles. The Morgan fingerprint density at radius 3 is 2.00 bits per heavy atom. The van der Waals surface area contributed by atoms with Crippen molar-refractivity contribution in [2.24, 2.45) is 0 Å². The van der Waals surface area contributed by atoms with E-state index in [-0.39, 0.29) is 41.9 Å². The van der Waals surface area contributed by atoms with Gasteiger partial charge in [0.1, 0.15) is 6.07 Å². The molecule has 0 aromatic carbocycles. The Morgan fingerprint density at radius 1 is 0.829 bits per heavy atom. The van der Waals surface area contributed by atoms with Crippen molar-refractivity contribution in [2.45, 2.75) is 89.4 Å². The maximum absolute atomic E-state index is 13.5. The molecule has 0 bridgehead atoms. The molecule has 3 amide bonds. The number of carbonyl (C=O) groups excluding carboxylic acids is 3. The number of hydrogen-bond donors (Lipinski definition) is 4. The summed E-state index contributed by atoms with van der Waals surface area (Å²) in [4.78, 5) is 41.1. The highest BCUT2D eigenvalue weighted by atomic mass is 16.2. The van der Waals surface area contributed by atoms with Crippen LogP contribution in [-0.4, -0.2) is 56.5 Å². The summed E-state index contributed by atoms with van der Waals surface area (Å²) in [5, 5.41) is 26.4. The summed E-state index contributed by atoms with van der Waals surface area (Å²) in [6, 6.07) is 10.1. The molecule has 41 heavy (non-hydrogen) atoms. The third kappa shape index (κ3) is 6.82. The van der Waals surface area contributed by atoms with E-state index in [4.69, 9.17) is 0 Å². The molecule has 5 rings (SSSR count). The molecule has 3 aromatic heterocycles. The monoisotopic (exact) mass is 556 g/mol. The molecule has 11 nitrogen and oxygen atoms in total. The lowest BCUT2D eigenvalue weighted by atomic mass is 9.90. The maximum Gasteiger partial charge on any atom is 0.255 e. The van der Waals surface area contributed by atoms with E-state index in [0.29, 0.717) is 22.5 Å². The van der Waals surface area contributed by atoms with E-state index in [1.165, 1.54) is 13.1 Å². The normalized spacial score (nSPS) is 22.4. The molecule has 2 fully saturated rings. The quantitative estimate of drug-likeness (QED) is 0.348. The van der Waals surface area contributed by atoms with Gasteiger partial charge in [-0.3, -0.25) is 19.4 Å². The second-order valence-corrected chi connectivity index (χ2v) is 11.1. The molecule has 4 N–H and O–H groups in total. The number of hydrogen-bond acceptors (Lipinski definition) is 7. The van der Waals surface area contributed by atoms with E-state index in [1.54, 1.807) is 23.7 Å². The maximum atomic E-state index is 13.5. The van der Waals surface area contributed by atoms with Crippen LogP contribution in [0.3, 0.4) is 0 Å². The lowest BCUT2D eigenvalue weighted by molar-refractivity contribution is -0.120. The first-order valence-corrected chi connectivity index (χ1v) is 14.3. The molecule has 3 aromatic rings. The first-order valence-electron chi connectivity index (χ1n) is 14.3. The number of amides is 3. The molecule has 0 saturated heterocycles. The lowest BCUT2D eigenvalue weighted by Crippen LogP contribution is -2.43. The highest BCUT2D eigenvalue weighted by Crippen LogP contribution is 2.29. The fourth-order valence-electron chi connectivity index (χ4n) is 5.97. The summed E-state index contributed by atoms with van der Waals surface area (Å²) in [5.41, 5.74) is 3.84. The zero-order chi connectivity index (χ0) is 28.9. The Bertz CT molecular complexity index is 1480. The van der Waals surface area contributed by atoms with E-state index in [2.05, 4.69) is 37.4 Å². The molecule has 214 valence electrons. The molecular formula is C30H36N8O3. The largest absolute Gasteiger partial charge is 0.382 e. The van der Waals surface area contributed by atoms with E-state index in [9.17, 15) is 19.6 Å². The van der Waals surface area contributed by atoms with Crippen LogP contribution in [0.5, 0.6) is 0 Å². The topological polar surface area (TPSA) is 153 Å². The Balaban J connectivity index is 1.37. The van der Waals surface area contributed by atoms with Crippen molar-refractivity contribution in [1.82, 2.24) is 30.5 Å². The number of rotatable bonds is 7. The average Bonchev–Trinajstić information content (AvgIpc) is 3.38. The first kappa shape index (κ1) is 28.1. The number of fused-ring (bicyclic) bond motifs is 1. The van der Waals surface area contributed by atoms with Crippen molar-refractivity contribution in [1.29, 1.82) is 5.26 Å². The molecule has 11 heteroatoms. The number of nitrogens with one attached hydrogen (secondary N) is 4. The molecule has 0 spiro atoms. The number of pyridine rings is 1. The molecule has 0 radical (unpaired) electrons. The first-order chi connectivity index (χ1) is 19.8. The van der Waals surface area contributed by atoms with E-state index < -0.39 is 0 Å². The van der Waals surface area contributed by atoms with Gasteiger partial charge in [0.25, 0.3) is 5.91 Å². The van der Waals surface area contributed by atoms with Crippen LogP contribution in [0.2, 0.25) is 0 Å². The predicted octanol–water partition coefficient (Wildman–Crippen LogP) is 3.30. The van der Waals surface area contributed by atoms with Gasteiger partial charge in [0.05, 0.1) is 39.9 Å². The zero-order valence-corrected chi connectivity index (χ0v) is 23.4. The van der Waals surface area contributed by atoms with E-state index in [0.717, 1.165) is 62.6 Å². The van der Waals surface area contributed by atoms with Crippen LogP contribution in [0.4, 0.5) is 5.69 Å². The molecule has 0 atom stereocenters. The van der Waals surface area contributed by atoms with Crippen molar-refractivity contribution in [3.63, 3.8) is 0 Å². The van der Waals surface area contributed by atoms with Crippen LogP contribution in [0.15, 0.2) is 36.7 Å². The summed E-state index contributed by atoms with van der Waals surface area (Å²) in [6.07, 6.45) is 9.83. The smallest absolute Gasteiger partial charge is 0.255 e. The second-order valence-electron chi connectivity index (χ2n) is 11.1. The predicted molar refractivity (Wildman–Crippen MR) is 154 cm³/mol. The van der Waals surface area contributed by atoms with Crippen LogP contribution >= 0.6 is 0 Å². The van der Waals surface area contributed by atoms with Gasteiger partial charge >= 0.3 is 0 Å². The van der Waals surface area contributed by atoms with Gasteiger partial charge in [-0.2, -0.15) is 10.4 Å². The summed E-state index contributed by atoms with van der Waals surface area (Å²) >= 11 is 0. The highest BCUT2D eigenvalue weighted by Gasteiger charge is 2.27. The Morgan fingerprint density at radius 2 is 1.41 bits per heavy atom. The fourth-order valence-corrected chi connectivity index (χ4v) is 5.97. The Kier molecular flexibility index (Phi) is 8.47. The van der Waals surface area contributed by atoms with Gasteiger partial charge in [-0.15, -0.1) is 0 Å². The van der Waals surface area contributed by atoms with E-state index >= 15 is 0 Å². The highest BCUT2D eigenvalue weighted by molar-refractivity contribution is 6.00. The van der Waals surface area contributed by atoms with Crippen molar-refractivity contribution in [3.05, 3.63) is 47.8 Å². The van der Waals surface area contributed by atoms with Crippen molar-refractivity contribution in [2.75, 3.05) is 5.32 Å². The molecule has 0 aliphatic heterocycles. The second kappa shape index (κ2) is 12.4.